The van der Waals surface area contributed by atoms with Crippen molar-refractivity contribution in [2.45, 2.75) is 13.2 Å². The van der Waals surface area contributed by atoms with Crippen molar-refractivity contribution in [3.05, 3.63) is 93.5 Å². The summed E-state index contributed by atoms with van der Waals surface area (Å²) in [7, 11) is 0. The van der Waals surface area contributed by atoms with E-state index in [4.69, 9.17) is 4.74 Å². The molecule has 4 aromatic rings. The number of pyridine rings is 2. The molecule has 0 aliphatic rings. The van der Waals surface area contributed by atoms with E-state index in [-0.39, 0.29) is 23.4 Å². The Balaban J connectivity index is 1.60. The van der Waals surface area contributed by atoms with Gasteiger partial charge in [0.1, 0.15) is 5.01 Å². The third-order valence-electron chi connectivity index (χ3n) is 4.42. The van der Waals surface area contributed by atoms with Crippen molar-refractivity contribution in [2.75, 3.05) is 0 Å². The van der Waals surface area contributed by atoms with Gasteiger partial charge in [-0.15, -0.1) is 11.3 Å². The molecule has 0 spiro atoms. The van der Waals surface area contributed by atoms with Crippen molar-refractivity contribution in [2.24, 2.45) is 0 Å². The number of aromatic nitrogens is 3. The average molecular weight is 419 g/mol. The fourth-order valence-corrected chi connectivity index (χ4v) is 3.76. The predicted molar refractivity (Wildman–Crippen MR) is 113 cm³/mol. The first kappa shape index (κ1) is 19.7. The predicted octanol–water partition coefficient (Wildman–Crippen LogP) is 3.98. The van der Waals surface area contributed by atoms with Crippen LogP contribution in [-0.4, -0.2) is 26.0 Å². The molecule has 3 aromatic heterocycles. The molecule has 150 valence electrons. The van der Waals surface area contributed by atoms with E-state index in [9.17, 15) is 14.7 Å². The molecule has 1 aromatic carbocycles. The number of nitrogens with one attached hydrogen (secondary N) is 1. The minimum absolute atomic E-state index is 0.0175. The highest BCUT2D eigenvalue weighted by Crippen LogP contribution is 2.27. The van der Waals surface area contributed by atoms with Crippen LogP contribution in [0.5, 0.6) is 0 Å². The topological polar surface area (TPSA) is 105 Å². The average Bonchev–Trinajstić information content (AvgIpc) is 3.25. The Morgan fingerprint density at radius 2 is 1.87 bits per heavy atom. The van der Waals surface area contributed by atoms with Crippen molar-refractivity contribution < 1.29 is 14.6 Å². The number of hydrogen-bond donors (Lipinski definition) is 2. The van der Waals surface area contributed by atoms with E-state index in [1.165, 1.54) is 17.4 Å². The van der Waals surface area contributed by atoms with Crippen LogP contribution in [-0.2, 0) is 18.0 Å². The minimum atomic E-state index is -1.14. The molecule has 2 N–H and O–H groups in total. The van der Waals surface area contributed by atoms with Crippen LogP contribution in [0.4, 0.5) is 0 Å². The lowest BCUT2D eigenvalue weighted by molar-refractivity contribution is 0.0681. The SMILES string of the molecule is O=C(O)c1cc(-c2csc(-c3ccncc3)n2)c(=O)[nH]c1COCc1ccccc1. The van der Waals surface area contributed by atoms with Gasteiger partial charge >= 0.3 is 5.97 Å². The van der Waals surface area contributed by atoms with Crippen LogP contribution in [0.15, 0.2) is 71.1 Å². The van der Waals surface area contributed by atoms with Crippen LogP contribution in [0.3, 0.4) is 0 Å². The Kier molecular flexibility index (Phi) is 5.78. The van der Waals surface area contributed by atoms with Crippen molar-refractivity contribution >= 4 is 17.3 Å². The maximum atomic E-state index is 12.6. The largest absolute Gasteiger partial charge is 0.478 e. The van der Waals surface area contributed by atoms with Gasteiger partial charge < -0.3 is 14.8 Å². The summed E-state index contributed by atoms with van der Waals surface area (Å²) in [5.74, 6) is -1.14. The summed E-state index contributed by atoms with van der Waals surface area (Å²) in [4.78, 5) is 35.5. The fourth-order valence-electron chi connectivity index (χ4n) is 2.93. The third-order valence-corrected chi connectivity index (χ3v) is 5.31. The molecule has 0 unspecified atom stereocenters. The smallest absolute Gasteiger partial charge is 0.337 e. The van der Waals surface area contributed by atoms with E-state index in [0.717, 1.165) is 16.1 Å². The molecule has 0 aliphatic carbocycles. The van der Waals surface area contributed by atoms with Gasteiger partial charge in [-0.2, -0.15) is 0 Å². The second-order valence-electron chi connectivity index (χ2n) is 6.46. The minimum Gasteiger partial charge on any atom is -0.478 e. The number of ether oxygens (including phenoxy) is 1. The zero-order chi connectivity index (χ0) is 20.9. The van der Waals surface area contributed by atoms with Gasteiger partial charge in [0.15, 0.2) is 0 Å². The number of aromatic amines is 1. The Labute approximate surface area is 175 Å². The molecule has 0 saturated carbocycles. The second-order valence-corrected chi connectivity index (χ2v) is 7.32. The number of carboxylic acid groups (broad SMARTS) is 1. The highest BCUT2D eigenvalue weighted by Gasteiger charge is 2.18. The number of rotatable bonds is 7. The Morgan fingerprint density at radius 3 is 2.60 bits per heavy atom. The quantitative estimate of drug-likeness (QED) is 0.470. The van der Waals surface area contributed by atoms with E-state index in [2.05, 4.69) is 15.0 Å². The van der Waals surface area contributed by atoms with Gasteiger partial charge in [-0.25, -0.2) is 9.78 Å². The molecular weight excluding hydrogens is 402 g/mol. The van der Waals surface area contributed by atoms with E-state index < -0.39 is 11.5 Å². The number of carboxylic acids is 1. The maximum absolute atomic E-state index is 12.6. The van der Waals surface area contributed by atoms with Gasteiger partial charge in [-0.05, 0) is 23.8 Å². The van der Waals surface area contributed by atoms with E-state index in [1.807, 2.05) is 42.5 Å². The first-order valence-corrected chi connectivity index (χ1v) is 9.97. The summed E-state index contributed by atoms with van der Waals surface area (Å²) in [6.07, 6.45) is 3.33. The summed E-state index contributed by atoms with van der Waals surface area (Å²) in [6, 6.07) is 14.5. The first-order valence-electron chi connectivity index (χ1n) is 9.09. The van der Waals surface area contributed by atoms with Crippen molar-refractivity contribution in [3.63, 3.8) is 0 Å². The standard InChI is InChI=1S/C22H17N3O4S/c26-20-16(19-13-30-21(25-19)15-6-8-23-9-7-15)10-17(22(27)28)18(24-20)12-29-11-14-4-2-1-3-5-14/h1-10,13H,11-12H2,(H,24,26)(H,27,28). The zero-order valence-electron chi connectivity index (χ0n) is 15.7. The Bertz CT molecular complexity index is 1220. The van der Waals surface area contributed by atoms with Gasteiger partial charge in [0.2, 0.25) is 0 Å². The van der Waals surface area contributed by atoms with Crippen LogP contribution in [0.2, 0.25) is 0 Å². The summed E-state index contributed by atoms with van der Waals surface area (Å²) < 4.78 is 5.61. The molecule has 8 heteroatoms. The number of benzene rings is 1. The van der Waals surface area contributed by atoms with Gasteiger partial charge in [0.05, 0.1) is 35.7 Å². The number of carbonyl (C=O) groups is 1. The lowest BCUT2D eigenvalue weighted by Crippen LogP contribution is -2.17. The summed E-state index contributed by atoms with van der Waals surface area (Å²) in [6.45, 7) is 0.288. The lowest BCUT2D eigenvalue weighted by atomic mass is 10.1. The molecule has 3 heterocycles. The normalized spacial score (nSPS) is 10.8. The molecule has 0 fully saturated rings. The molecule has 0 amide bonds. The Hall–Kier alpha value is -3.62. The molecule has 0 radical (unpaired) electrons. The lowest BCUT2D eigenvalue weighted by Gasteiger charge is -2.09. The molecule has 7 nitrogen and oxygen atoms in total. The van der Waals surface area contributed by atoms with Gasteiger partial charge in [0, 0.05) is 23.3 Å². The van der Waals surface area contributed by atoms with Crippen LogP contribution in [0, 0.1) is 0 Å². The third kappa shape index (κ3) is 4.35. The summed E-state index contributed by atoms with van der Waals surface area (Å²) in [5.41, 5.74) is 2.25. The van der Waals surface area contributed by atoms with Crippen LogP contribution in [0.25, 0.3) is 21.8 Å². The summed E-state index contributed by atoms with van der Waals surface area (Å²) in [5, 5.41) is 12.1. The molecule has 0 bridgehead atoms. The molecule has 30 heavy (non-hydrogen) atoms. The molecule has 4 rings (SSSR count). The van der Waals surface area contributed by atoms with Crippen LogP contribution < -0.4 is 5.56 Å². The van der Waals surface area contributed by atoms with Crippen LogP contribution >= 0.6 is 11.3 Å². The summed E-state index contributed by atoms with van der Waals surface area (Å²) >= 11 is 1.37. The van der Waals surface area contributed by atoms with Gasteiger partial charge in [-0.3, -0.25) is 9.78 Å². The molecule has 0 aliphatic heterocycles. The molecule has 0 atom stereocenters. The number of nitrogens with zero attached hydrogens (tertiary/aromatic N) is 2. The zero-order valence-corrected chi connectivity index (χ0v) is 16.6. The highest BCUT2D eigenvalue weighted by atomic mass is 32.1. The van der Waals surface area contributed by atoms with Crippen molar-refractivity contribution in [1.29, 1.82) is 0 Å². The van der Waals surface area contributed by atoms with Gasteiger partial charge in [-0.1, -0.05) is 30.3 Å². The molecule has 0 saturated heterocycles. The number of hydrogen-bond acceptors (Lipinski definition) is 6. The molecular formula is C22H17N3O4S. The Morgan fingerprint density at radius 1 is 1.10 bits per heavy atom. The fraction of sp³-hybridized carbons (Fsp3) is 0.0909. The maximum Gasteiger partial charge on any atom is 0.337 e. The second kappa shape index (κ2) is 8.81. The van der Waals surface area contributed by atoms with Crippen molar-refractivity contribution in [3.8, 4) is 21.8 Å². The first-order chi connectivity index (χ1) is 14.6. The van der Waals surface area contributed by atoms with E-state index in [1.54, 1.807) is 17.8 Å². The number of thiazole rings is 1. The number of aromatic carboxylic acids is 1. The number of H-pyrrole nitrogens is 1. The van der Waals surface area contributed by atoms with E-state index >= 15 is 0 Å². The monoisotopic (exact) mass is 419 g/mol. The van der Waals surface area contributed by atoms with E-state index in [0.29, 0.717) is 12.3 Å². The van der Waals surface area contributed by atoms with Gasteiger partial charge in [0.25, 0.3) is 5.56 Å². The van der Waals surface area contributed by atoms with Crippen LogP contribution in [0.1, 0.15) is 21.6 Å². The highest BCUT2D eigenvalue weighted by molar-refractivity contribution is 7.13. The van der Waals surface area contributed by atoms with Crippen molar-refractivity contribution in [1.82, 2.24) is 15.0 Å².